The van der Waals surface area contributed by atoms with E-state index in [1.807, 2.05) is 0 Å². The van der Waals surface area contributed by atoms with Gasteiger partial charge in [0, 0.05) is 19.2 Å². The maximum atomic E-state index is 12.7. The van der Waals surface area contributed by atoms with Crippen LogP contribution in [0.3, 0.4) is 0 Å². The van der Waals surface area contributed by atoms with Gasteiger partial charge in [0.05, 0.1) is 32.1 Å². The summed E-state index contributed by atoms with van der Waals surface area (Å²) in [5.74, 6) is -1.77. The summed E-state index contributed by atoms with van der Waals surface area (Å²) in [6.07, 6.45) is 0. The van der Waals surface area contributed by atoms with Crippen molar-refractivity contribution in [3.8, 4) is 0 Å². The zero-order chi connectivity index (χ0) is 21.5. The van der Waals surface area contributed by atoms with E-state index in [1.165, 1.54) is 42.3 Å². The first-order valence-corrected chi connectivity index (χ1v) is 9.22. The molecule has 1 atom stereocenters. The molecule has 8 nitrogen and oxygen atoms in total. The number of hydrogen-bond acceptors (Lipinski definition) is 5. The fourth-order valence-electron chi connectivity index (χ4n) is 3.01. The highest BCUT2D eigenvalue weighted by Gasteiger charge is 2.38. The first-order chi connectivity index (χ1) is 13.6. The maximum absolute atomic E-state index is 12.7. The lowest BCUT2D eigenvalue weighted by Crippen LogP contribution is -2.42. The molecule has 0 aromatic heterocycles. The molecule has 0 spiro atoms. The molecule has 1 aliphatic rings. The van der Waals surface area contributed by atoms with Gasteiger partial charge in [-0.1, -0.05) is 35.3 Å². The van der Waals surface area contributed by atoms with Crippen LogP contribution in [0.1, 0.15) is 39.2 Å². The van der Waals surface area contributed by atoms with Crippen molar-refractivity contribution in [3.63, 3.8) is 0 Å². The molecule has 0 bridgehead atoms. The summed E-state index contributed by atoms with van der Waals surface area (Å²) in [7, 11) is 1.50. The average Bonchev–Trinajstić information content (AvgIpc) is 2.91. The number of fused-ring (bicyclic) bond motifs is 1. The average molecular weight is 436 g/mol. The van der Waals surface area contributed by atoms with Crippen LogP contribution in [0.4, 0.5) is 5.69 Å². The molecular formula is C19H15Cl2N3O5. The predicted molar refractivity (Wildman–Crippen MR) is 106 cm³/mol. The van der Waals surface area contributed by atoms with Crippen LogP contribution in [-0.2, 0) is 4.79 Å². The van der Waals surface area contributed by atoms with Gasteiger partial charge < -0.3 is 4.90 Å². The summed E-state index contributed by atoms with van der Waals surface area (Å²) in [5.41, 5.74) is 0.637. The number of nitro benzene ring substituents is 1. The summed E-state index contributed by atoms with van der Waals surface area (Å²) in [6.45, 7) is 1.22. The molecule has 10 heteroatoms. The number of non-ortho nitro benzene ring substituents is 1. The Balaban J connectivity index is 1.78. The lowest BCUT2D eigenvalue weighted by Gasteiger charge is -2.27. The van der Waals surface area contributed by atoms with Gasteiger partial charge in [-0.3, -0.25) is 29.4 Å². The molecule has 2 aromatic rings. The van der Waals surface area contributed by atoms with E-state index in [0.29, 0.717) is 5.56 Å². The third-order valence-electron chi connectivity index (χ3n) is 4.84. The Bertz CT molecular complexity index is 1020. The number of likely N-dealkylation sites (N-methyl/N-ethyl adjacent to an activating group) is 1. The molecule has 1 heterocycles. The number of amides is 3. The van der Waals surface area contributed by atoms with Gasteiger partial charge in [-0.2, -0.15) is 0 Å². The van der Waals surface area contributed by atoms with E-state index in [1.54, 1.807) is 13.0 Å². The molecule has 0 saturated heterocycles. The molecular weight excluding hydrogens is 421 g/mol. The van der Waals surface area contributed by atoms with Crippen molar-refractivity contribution in [3.05, 3.63) is 73.2 Å². The number of hydrogen-bond donors (Lipinski definition) is 0. The molecule has 29 heavy (non-hydrogen) atoms. The van der Waals surface area contributed by atoms with Gasteiger partial charge in [0.25, 0.3) is 17.5 Å². The second kappa shape index (κ2) is 7.81. The monoisotopic (exact) mass is 435 g/mol. The molecule has 0 N–H and O–H groups in total. The van der Waals surface area contributed by atoms with Gasteiger partial charge in [-0.05, 0) is 24.6 Å². The number of halogens is 2. The van der Waals surface area contributed by atoms with Crippen LogP contribution < -0.4 is 0 Å². The molecule has 1 unspecified atom stereocenters. The van der Waals surface area contributed by atoms with Crippen molar-refractivity contribution in [2.24, 2.45) is 0 Å². The molecule has 0 radical (unpaired) electrons. The number of benzene rings is 2. The Labute approximate surface area is 175 Å². The second-order valence-electron chi connectivity index (χ2n) is 6.54. The van der Waals surface area contributed by atoms with Crippen molar-refractivity contribution < 1.29 is 19.3 Å². The van der Waals surface area contributed by atoms with Crippen LogP contribution in [0.2, 0.25) is 10.0 Å². The minimum absolute atomic E-state index is 0.0894. The molecule has 3 amide bonds. The van der Waals surface area contributed by atoms with Gasteiger partial charge in [-0.15, -0.1) is 0 Å². The van der Waals surface area contributed by atoms with Crippen molar-refractivity contribution in [2.45, 2.75) is 13.0 Å². The predicted octanol–water partition coefficient (Wildman–Crippen LogP) is 3.72. The summed E-state index contributed by atoms with van der Waals surface area (Å²) < 4.78 is 0. The first-order valence-electron chi connectivity index (χ1n) is 8.47. The minimum Gasteiger partial charge on any atom is -0.337 e. The third kappa shape index (κ3) is 3.81. The summed E-state index contributed by atoms with van der Waals surface area (Å²) >= 11 is 11.8. The quantitative estimate of drug-likeness (QED) is 0.404. The molecule has 0 aliphatic carbocycles. The number of nitrogens with zero attached hydrogens (tertiary/aromatic N) is 3. The van der Waals surface area contributed by atoms with Crippen LogP contribution in [0.15, 0.2) is 36.4 Å². The number of rotatable bonds is 5. The standard InChI is InChI=1S/C19H15Cl2N3O5/c1-10(11-4-3-5-12(6-11)24(28)29)22(2)17(25)9-23-18(26)13-7-15(20)16(21)8-14(13)19(23)27/h3-8,10H,9H2,1-2H3. The number of nitro groups is 1. The normalized spacial score (nSPS) is 14.0. The molecule has 3 rings (SSSR count). The van der Waals surface area contributed by atoms with Gasteiger partial charge in [0.2, 0.25) is 5.91 Å². The third-order valence-corrected chi connectivity index (χ3v) is 5.56. The molecule has 0 saturated carbocycles. The molecule has 2 aromatic carbocycles. The Kier molecular flexibility index (Phi) is 5.59. The number of carbonyl (C=O) groups excluding carboxylic acids is 3. The number of carbonyl (C=O) groups is 3. The number of imide groups is 1. The fourth-order valence-corrected chi connectivity index (χ4v) is 3.34. The van der Waals surface area contributed by atoms with E-state index in [4.69, 9.17) is 23.2 Å². The Morgan fingerprint density at radius 2 is 1.69 bits per heavy atom. The molecule has 0 fully saturated rings. The van der Waals surface area contributed by atoms with Gasteiger partial charge >= 0.3 is 0 Å². The van der Waals surface area contributed by atoms with Crippen molar-refractivity contribution >= 4 is 46.6 Å². The highest BCUT2D eigenvalue weighted by Crippen LogP contribution is 2.31. The van der Waals surface area contributed by atoms with E-state index in [9.17, 15) is 24.5 Å². The van der Waals surface area contributed by atoms with E-state index in [0.717, 1.165) is 4.90 Å². The van der Waals surface area contributed by atoms with E-state index in [-0.39, 0.29) is 26.9 Å². The lowest BCUT2D eigenvalue weighted by molar-refractivity contribution is -0.384. The van der Waals surface area contributed by atoms with Crippen molar-refractivity contribution in [1.82, 2.24) is 9.80 Å². The van der Waals surface area contributed by atoms with E-state index in [2.05, 4.69) is 0 Å². The second-order valence-corrected chi connectivity index (χ2v) is 7.36. The van der Waals surface area contributed by atoms with Crippen LogP contribution in [-0.4, -0.2) is 46.0 Å². The summed E-state index contributed by atoms with van der Waals surface area (Å²) in [6, 6.07) is 8.01. The van der Waals surface area contributed by atoms with E-state index < -0.39 is 35.2 Å². The topological polar surface area (TPSA) is 101 Å². The smallest absolute Gasteiger partial charge is 0.269 e. The van der Waals surface area contributed by atoms with E-state index >= 15 is 0 Å². The first kappa shape index (κ1) is 20.8. The fraction of sp³-hybridized carbons (Fsp3) is 0.211. The Morgan fingerprint density at radius 3 is 2.21 bits per heavy atom. The van der Waals surface area contributed by atoms with Gasteiger partial charge in [-0.25, -0.2) is 0 Å². The zero-order valence-corrected chi connectivity index (χ0v) is 16.9. The lowest BCUT2D eigenvalue weighted by atomic mass is 10.1. The zero-order valence-electron chi connectivity index (χ0n) is 15.4. The Morgan fingerprint density at radius 1 is 1.14 bits per heavy atom. The summed E-state index contributed by atoms with van der Waals surface area (Å²) in [4.78, 5) is 50.4. The highest BCUT2D eigenvalue weighted by atomic mass is 35.5. The highest BCUT2D eigenvalue weighted by molar-refractivity contribution is 6.43. The minimum atomic E-state index is -0.631. The van der Waals surface area contributed by atoms with Gasteiger partial charge in [0.1, 0.15) is 6.54 Å². The largest absolute Gasteiger partial charge is 0.337 e. The van der Waals surface area contributed by atoms with Crippen LogP contribution in [0.5, 0.6) is 0 Å². The molecule has 1 aliphatic heterocycles. The maximum Gasteiger partial charge on any atom is 0.269 e. The summed E-state index contributed by atoms with van der Waals surface area (Å²) in [5, 5.41) is 11.2. The van der Waals surface area contributed by atoms with Gasteiger partial charge in [0.15, 0.2) is 0 Å². The SMILES string of the molecule is CC(c1cccc([N+](=O)[O-])c1)N(C)C(=O)CN1C(=O)c2cc(Cl)c(Cl)cc2C1=O. The molecule has 150 valence electrons. The van der Waals surface area contributed by atoms with Crippen molar-refractivity contribution in [1.29, 1.82) is 0 Å². The van der Waals surface area contributed by atoms with Crippen molar-refractivity contribution in [2.75, 3.05) is 13.6 Å². The van der Waals surface area contributed by atoms with Crippen LogP contribution in [0, 0.1) is 10.1 Å². The van der Waals surface area contributed by atoms with Crippen LogP contribution in [0.25, 0.3) is 0 Å². The van der Waals surface area contributed by atoms with Crippen LogP contribution >= 0.6 is 23.2 Å². The Hall–Kier alpha value is -2.97.